The minimum absolute atomic E-state index is 0.250. The van der Waals surface area contributed by atoms with Crippen LogP contribution in [-0.2, 0) is 0 Å². The van der Waals surface area contributed by atoms with Crippen molar-refractivity contribution >= 4 is 5.69 Å². The van der Waals surface area contributed by atoms with Gasteiger partial charge in [-0.25, -0.2) is 0 Å². The Morgan fingerprint density at radius 3 is 2.50 bits per heavy atom. The molecule has 18 heavy (non-hydrogen) atoms. The number of aliphatic hydroxyl groups excluding tert-OH is 1. The molecule has 0 bridgehead atoms. The van der Waals surface area contributed by atoms with E-state index in [2.05, 4.69) is 49.2 Å². The summed E-state index contributed by atoms with van der Waals surface area (Å²) in [6.07, 6.45) is 0.824. The normalized spacial score (nSPS) is 24.3. The van der Waals surface area contributed by atoms with Crippen LogP contribution in [0.2, 0.25) is 0 Å². The molecule has 2 unspecified atom stereocenters. The molecular formula is C15H24N2O. The zero-order chi connectivity index (χ0) is 13.1. The molecule has 3 heteroatoms. The van der Waals surface area contributed by atoms with Gasteiger partial charge in [0.2, 0.25) is 0 Å². The van der Waals surface area contributed by atoms with Crippen LogP contribution in [0.3, 0.4) is 0 Å². The molecule has 1 aliphatic rings. The number of nitrogens with one attached hydrogen (secondary N) is 1. The van der Waals surface area contributed by atoms with Crippen LogP contribution >= 0.6 is 0 Å². The smallest absolute Gasteiger partial charge is 0.0451 e. The van der Waals surface area contributed by atoms with E-state index in [1.54, 1.807) is 0 Å². The molecule has 0 spiro atoms. The SMILES string of the molecule is Cc1cc(C)cc(N2C(C)CNCC2CCO)c1. The van der Waals surface area contributed by atoms with E-state index in [1.807, 2.05) is 0 Å². The van der Waals surface area contributed by atoms with Gasteiger partial charge in [0.25, 0.3) is 0 Å². The standard InChI is InChI=1S/C15H24N2O/c1-11-6-12(2)8-15(7-11)17-13(3)9-16-10-14(17)4-5-18/h6-8,13-14,16,18H,4-5,9-10H2,1-3H3. The van der Waals surface area contributed by atoms with Crippen LogP contribution in [0.4, 0.5) is 5.69 Å². The monoisotopic (exact) mass is 248 g/mol. The topological polar surface area (TPSA) is 35.5 Å². The van der Waals surface area contributed by atoms with Gasteiger partial charge < -0.3 is 15.3 Å². The number of rotatable bonds is 3. The summed E-state index contributed by atoms with van der Waals surface area (Å²) in [6.45, 7) is 8.75. The number of hydrogen-bond donors (Lipinski definition) is 2. The van der Waals surface area contributed by atoms with Gasteiger partial charge >= 0.3 is 0 Å². The van der Waals surface area contributed by atoms with Gasteiger partial charge in [-0.2, -0.15) is 0 Å². The molecular weight excluding hydrogens is 224 g/mol. The number of benzene rings is 1. The Bertz CT molecular complexity index is 383. The van der Waals surface area contributed by atoms with E-state index < -0.39 is 0 Å². The minimum atomic E-state index is 0.250. The first kappa shape index (κ1) is 13.4. The van der Waals surface area contributed by atoms with Crippen molar-refractivity contribution in [3.05, 3.63) is 29.3 Å². The van der Waals surface area contributed by atoms with Crippen molar-refractivity contribution in [3.8, 4) is 0 Å². The molecule has 3 nitrogen and oxygen atoms in total. The first-order chi connectivity index (χ1) is 8.61. The van der Waals surface area contributed by atoms with E-state index in [0.717, 1.165) is 19.5 Å². The zero-order valence-corrected chi connectivity index (χ0v) is 11.6. The molecule has 2 N–H and O–H groups in total. The molecule has 1 heterocycles. The van der Waals surface area contributed by atoms with Crippen LogP contribution < -0.4 is 10.2 Å². The molecule has 1 aromatic carbocycles. The molecule has 100 valence electrons. The molecule has 2 rings (SSSR count). The molecule has 1 fully saturated rings. The number of piperazine rings is 1. The van der Waals surface area contributed by atoms with Crippen LogP contribution in [0.15, 0.2) is 18.2 Å². The molecule has 0 aromatic heterocycles. The van der Waals surface area contributed by atoms with Crippen molar-refractivity contribution in [2.24, 2.45) is 0 Å². The van der Waals surface area contributed by atoms with Gasteiger partial charge in [-0.05, 0) is 50.5 Å². The molecule has 0 amide bonds. The first-order valence-corrected chi connectivity index (χ1v) is 6.80. The second kappa shape index (κ2) is 5.72. The Morgan fingerprint density at radius 1 is 1.22 bits per heavy atom. The average Bonchev–Trinajstić information content (AvgIpc) is 2.28. The maximum absolute atomic E-state index is 9.22. The van der Waals surface area contributed by atoms with Crippen molar-refractivity contribution in [1.29, 1.82) is 0 Å². The van der Waals surface area contributed by atoms with E-state index in [0.29, 0.717) is 12.1 Å². The van der Waals surface area contributed by atoms with E-state index in [1.165, 1.54) is 16.8 Å². The molecule has 1 saturated heterocycles. The Balaban J connectivity index is 2.30. The van der Waals surface area contributed by atoms with E-state index >= 15 is 0 Å². The van der Waals surface area contributed by atoms with Crippen molar-refractivity contribution in [3.63, 3.8) is 0 Å². The summed E-state index contributed by atoms with van der Waals surface area (Å²) in [5.74, 6) is 0. The van der Waals surface area contributed by atoms with E-state index in [9.17, 15) is 5.11 Å². The third-order valence-corrected chi connectivity index (χ3v) is 3.65. The van der Waals surface area contributed by atoms with Gasteiger partial charge in [0.05, 0.1) is 0 Å². The minimum Gasteiger partial charge on any atom is -0.396 e. The fraction of sp³-hybridized carbons (Fsp3) is 0.600. The van der Waals surface area contributed by atoms with Crippen molar-refractivity contribution < 1.29 is 5.11 Å². The van der Waals surface area contributed by atoms with Crippen LogP contribution in [-0.4, -0.2) is 36.9 Å². The van der Waals surface area contributed by atoms with Crippen molar-refractivity contribution in [1.82, 2.24) is 5.32 Å². The Labute approximate surface area is 110 Å². The fourth-order valence-electron chi connectivity index (χ4n) is 2.97. The van der Waals surface area contributed by atoms with Crippen LogP contribution in [0.1, 0.15) is 24.5 Å². The fourth-order valence-corrected chi connectivity index (χ4v) is 2.97. The zero-order valence-electron chi connectivity index (χ0n) is 11.6. The number of nitrogens with zero attached hydrogens (tertiary/aromatic N) is 1. The first-order valence-electron chi connectivity index (χ1n) is 6.80. The lowest BCUT2D eigenvalue weighted by Crippen LogP contribution is -2.56. The van der Waals surface area contributed by atoms with Gasteiger partial charge in [-0.15, -0.1) is 0 Å². The van der Waals surface area contributed by atoms with Gasteiger partial charge in [0.1, 0.15) is 0 Å². The van der Waals surface area contributed by atoms with Crippen LogP contribution in [0, 0.1) is 13.8 Å². The highest BCUT2D eigenvalue weighted by Crippen LogP contribution is 2.25. The molecule has 1 aromatic rings. The summed E-state index contributed by atoms with van der Waals surface area (Å²) in [6, 6.07) is 7.56. The highest BCUT2D eigenvalue weighted by atomic mass is 16.3. The number of anilines is 1. The third-order valence-electron chi connectivity index (χ3n) is 3.65. The Kier molecular flexibility index (Phi) is 4.25. The predicted octanol–water partition coefficient (Wildman–Crippen LogP) is 1.85. The highest BCUT2D eigenvalue weighted by Gasteiger charge is 2.27. The Morgan fingerprint density at radius 2 is 1.89 bits per heavy atom. The van der Waals surface area contributed by atoms with Gasteiger partial charge in [0.15, 0.2) is 0 Å². The summed E-state index contributed by atoms with van der Waals surface area (Å²) >= 11 is 0. The van der Waals surface area contributed by atoms with Crippen molar-refractivity contribution in [2.45, 2.75) is 39.3 Å². The quantitative estimate of drug-likeness (QED) is 0.857. The van der Waals surface area contributed by atoms with Crippen LogP contribution in [0.25, 0.3) is 0 Å². The second-order valence-corrected chi connectivity index (χ2v) is 5.43. The van der Waals surface area contributed by atoms with Gasteiger partial charge in [-0.1, -0.05) is 6.07 Å². The molecule has 0 aliphatic carbocycles. The van der Waals surface area contributed by atoms with Gasteiger partial charge in [-0.3, -0.25) is 0 Å². The summed E-state index contributed by atoms with van der Waals surface area (Å²) in [5, 5.41) is 12.7. The molecule has 0 saturated carbocycles. The number of aryl methyl sites for hydroxylation is 2. The lowest BCUT2D eigenvalue weighted by atomic mass is 10.0. The maximum Gasteiger partial charge on any atom is 0.0451 e. The second-order valence-electron chi connectivity index (χ2n) is 5.43. The van der Waals surface area contributed by atoms with E-state index in [4.69, 9.17) is 0 Å². The third kappa shape index (κ3) is 2.85. The average molecular weight is 248 g/mol. The maximum atomic E-state index is 9.22. The summed E-state index contributed by atoms with van der Waals surface area (Å²) < 4.78 is 0. The highest BCUT2D eigenvalue weighted by molar-refractivity contribution is 5.53. The number of hydrogen-bond acceptors (Lipinski definition) is 3. The number of aliphatic hydroxyl groups is 1. The largest absolute Gasteiger partial charge is 0.396 e. The molecule has 1 aliphatic heterocycles. The van der Waals surface area contributed by atoms with Crippen LogP contribution in [0.5, 0.6) is 0 Å². The predicted molar refractivity (Wildman–Crippen MR) is 76.2 cm³/mol. The summed E-state index contributed by atoms with van der Waals surface area (Å²) in [4.78, 5) is 2.46. The lowest BCUT2D eigenvalue weighted by molar-refractivity contribution is 0.259. The molecule has 2 atom stereocenters. The summed E-state index contributed by atoms with van der Waals surface area (Å²) in [5.41, 5.74) is 3.90. The molecule has 0 radical (unpaired) electrons. The summed E-state index contributed by atoms with van der Waals surface area (Å²) in [7, 11) is 0. The lowest BCUT2D eigenvalue weighted by Gasteiger charge is -2.43. The van der Waals surface area contributed by atoms with Crippen molar-refractivity contribution in [2.75, 3.05) is 24.6 Å². The Hall–Kier alpha value is -1.06. The van der Waals surface area contributed by atoms with E-state index in [-0.39, 0.29) is 6.61 Å². The van der Waals surface area contributed by atoms with Gasteiger partial charge in [0, 0.05) is 37.5 Å².